The number of thiazole rings is 1. The number of thiol groups is 1. The van der Waals surface area contributed by atoms with Crippen molar-refractivity contribution in [1.29, 1.82) is 0 Å². The maximum atomic E-state index is 5.47. The summed E-state index contributed by atoms with van der Waals surface area (Å²) in [7, 11) is 4.09. The van der Waals surface area contributed by atoms with Gasteiger partial charge in [0.25, 0.3) is 0 Å². The van der Waals surface area contributed by atoms with E-state index in [1.165, 1.54) is 0 Å². The van der Waals surface area contributed by atoms with E-state index in [2.05, 4.69) is 51.1 Å². The second kappa shape index (κ2) is 9.49. The van der Waals surface area contributed by atoms with Gasteiger partial charge in [-0.1, -0.05) is 0 Å². The van der Waals surface area contributed by atoms with Gasteiger partial charge in [0.15, 0.2) is 0 Å². The molecule has 2 rings (SSSR count). The Balaban J connectivity index is 1.89. The van der Waals surface area contributed by atoms with Gasteiger partial charge in [-0.2, -0.15) is 0 Å². The summed E-state index contributed by atoms with van der Waals surface area (Å²) in [5, 5.41) is 7.58. The Hall–Kier alpha value is -1.19. The van der Waals surface area contributed by atoms with Crippen molar-refractivity contribution in [1.82, 2.24) is 15.2 Å². The topological polar surface area (TPSA) is 61.8 Å². The minimum absolute atomic E-state index is 0.312. The number of likely N-dealkylation sites (N-methyl/N-ethyl adjacent to an activating group) is 1. The first-order chi connectivity index (χ1) is 11.9. The zero-order valence-electron chi connectivity index (χ0n) is 15.5. The fourth-order valence-corrected chi connectivity index (χ4v) is 3.71. The van der Waals surface area contributed by atoms with Crippen molar-refractivity contribution in [3.05, 3.63) is 16.6 Å². The molecule has 0 unspecified atom stereocenters. The SMILES string of the molecule is CC(=NCOCNCCN(C)C)Nc1c(C)cc2sc(C)nc2c1S. The van der Waals surface area contributed by atoms with Crippen molar-refractivity contribution >= 4 is 45.7 Å². The van der Waals surface area contributed by atoms with Crippen LogP contribution in [-0.4, -0.2) is 56.4 Å². The van der Waals surface area contributed by atoms with Gasteiger partial charge < -0.3 is 15.0 Å². The summed E-state index contributed by atoms with van der Waals surface area (Å²) in [6.07, 6.45) is 0. The van der Waals surface area contributed by atoms with Crippen LogP contribution < -0.4 is 10.6 Å². The molecule has 2 aromatic rings. The first kappa shape index (κ1) is 20.1. The summed E-state index contributed by atoms with van der Waals surface area (Å²) < 4.78 is 6.63. The van der Waals surface area contributed by atoms with Crippen molar-refractivity contribution < 1.29 is 4.74 Å². The van der Waals surface area contributed by atoms with Crippen LogP contribution in [0.5, 0.6) is 0 Å². The van der Waals surface area contributed by atoms with Gasteiger partial charge in [0, 0.05) is 13.1 Å². The molecule has 2 N–H and O–H groups in total. The highest BCUT2D eigenvalue weighted by molar-refractivity contribution is 7.80. The van der Waals surface area contributed by atoms with Gasteiger partial charge in [0.1, 0.15) is 12.6 Å². The van der Waals surface area contributed by atoms with Gasteiger partial charge in [-0.05, 0) is 46.5 Å². The van der Waals surface area contributed by atoms with Crippen LogP contribution in [0.2, 0.25) is 0 Å². The number of benzene rings is 1. The molecule has 1 heterocycles. The highest BCUT2D eigenvalue weighted by Gasteiger charge is 2.12. The molecule has 0 saturated heterocycles. The lowest BCUT2D eigenvalue weighted by molar-refractivity contribution is 0.122. The standard InChI is InChI=1S/C17H27N5OS2/c1-11-8-14-16(21-13(3)25-14)17(24)15(11)20-12(2)19-10-23-9-18-6-7-22(4)5/h8,18,24H,6-7,9-10H2,1-5H3,(H,19,20). The summed E-state index contributed by atoms with van der Waals surface area (Å²) >= 11 is 6.35. The molecule has 6 nitrogen and oxygen atoms in total. The minimum Gasteiger partial charge on any atom is -0.344 e. The van der Waals surface area contributed by atoms with Crippen molar-refractivity contribution in [2.45, 2.75) is 25.7 Å². The third-order valence-electron chi connectivity index (χ3n) is 3.60. The number of nitrogens with one attached hydrogen (secondary N) is 2. The smallest absolute Gasteiger partial charge is 0.141 e. The van der Waals surface area contributed by atoms with Crippen LogP contribution in [0.15, 0.2) is 16.0 Å². The average Bonchev–Trinajstić information content (AvgIpc) is 2.90. The van der Waals surface area contributed by atoms with Crippen molar-refractivity contribution in [3.63, 3.8) is 0 Å². The van der Waals surface area contributed by atoms with Gasteiger partial charge in [-0.25, -0.2) is 9.98 Å². The number of ether oxygens (including phenoxy) is 1. The van der Waals surface area contributed by atoms with Gasteiger partial charge in [-0.15, -0.1) is 24.0 Å². The first-order valence-electron chi connectivity index (χ1n) is 8.19. The molecule has 0 bridgehead atoms. The molecule has 0 fully saturated rings. The Morgan fingerprint density at radius 1 is 1.40 bits per heavy atom. The molecule has 25 heavy (non-hydrogen) atoms. The van der Waals surface area contributed by atoms with Crippen molar-refractivity contribution in [2.75, 3.05) is 46.0 Å². The maximum absolute atomic E-state index is 5.47. The van der Waals surface area contributed by atoms with Crippen LogP contribution in [-0.2, 0) is 4.74 Å². The van der Waals surface area contributed by atoms with E-state index in [4.69, 9.17) is 4.74 Å². The van der Waals surface area contributed by atoms with E-state index in [1.807, 2.05) is 27.9 Å². The average molecular weight is 382 g/mol. The van der Waals surface area contributed by atoms with E-state index in [1.54, 1.807) is 11.3 Å². The number of rotatable bonds is 8. The summed E-state index contributed by atoms with van der Waals surface area (Å²) in [5.41, 5.74) is 3.02. The molecule has 0 spiro atoms. The Morgan fingerprint density at radius 3 is 2.88 bits per heavy atom. The Morgan fingerprint density at radius 2 is 2.16 bits per heavy atom. The molecule has 0 aliphatic rings. The van der Waals surface area contributed by atoms with Gasteiger partial charge in [0.2, 0.25) is 0 Å². The molecule has 1 aromatic heterocycles. The van der Waals surface area contributed by atoms with Crippen molar-refractivity contribution in [2.24, 2.45) is 4.99 Å². The molecule has 0 saturated carbocycles. The fraction of sp³-hybridized carbons (Fsp3) is 0.529. The lowest BCUT2D eigenvalue weighted by atomic mass is 10.2. The molecular formula is C17H27N5OS2. The normalized spacial score (nSPS) is 12.4. The number of hydrogen-bond donors (Lipinski definition) is 3. The lowest BCUT2D eigenvalue weighted by Crippen LogP contribution is -2.28. The highest BCUT2D eigenvalue weighted by Crippen LogP contribution is 2.35. The van der Waals surface area contributed by atoms with Crippen LogP contribution in [0.4, 0.5) is 5.69 Å². The number of aryl methyl sites for hydroxylation is 2. The maximum Gasteiger partial charge on any atom is 0.141 e. The summed E-state index contributed by atoms with van der Waals surface area (Å²) in [4.78, 5) is 11.9. The van der Waals surface area contributed by atoms with E-state index in [-0.39, 0.29) is 0 Å². The van der Waals surface area contributed by atoms with E-state index in [0.29, 0.717) is 13.5 Å². The molecule has 1 aromatic carbocycles. The monoisotopic (exact) mass is 381 g/mol. The number of fused-ring (bicyclic) bond motifs is 1. The van der Waals surface area contributed by atoms with Crippen LogP contribution in [0.3, 0.4) is 0 Å². The van der Waals surface area contributed by atoms with Crippen LogP contribution in [0, 0.1) is 13.8 Å². The molecular weight excluding hydrogens is 354 g/mol. The summed E-state index contributed by atoms with van der Waals surface area (Å²) in [6, 6.07) is 2.14. The first-order valence-corrected chi connectivity index (χ1v) is 9.46. The highest BCUT2D eigenvalue weighted by atomic mass is 32.1. The van der Waals surface area contributed by atoms with Gasteiger partial charge >= 0.3 is 0 Å². The predicted molar refractivity (Wildman–Crippen MR) is 110 cm³/mol. The number of aliphatic imine (C=N–C) groups is 1. The third-order valence-corrected chi connectivity index (χ3v) is 4.96. The molecule has 138 valence electrons. The molecule has 0 aliphatic carbocycles. The molecule has 0 radical (unpaired) electrons. The second-order valence-corrected chi connectivity index (χ2v) is 7.83. The Labute approximate surface area is 159 Å². The zero-order chi connectivity index (χ0) is 18.4. The third kappa shape index (κ3) is 5.93. The second-order valence-electron chi connectivity index (χ2n) is 6.15. The molecule has 0 aliphatic heterocycles. The number of nitrogens with zero attached hydrogens (tertiary/aromatic N) is 3. The largest absolute Gasteiger partial charge is 0.344 e. The summed E-state index contributed by atoms with van der Waals surface area (Å²) in [5.74, 6) is 0.790. The molecule has 0 atom stereocenters. The van der Waals surface area contributed by atoms with Crippen molar-refractivity contribution in [3.8, 4) is 0 Å². The van der Waals surface area contributed by atoms with E-state index < -0.39 is 0 Å². The van der Waals surface area contributed by atoms with E-state index in [0.717, 1.165) is 50.3 Å². The zero-order valence-corrected chi connectivity index (χ0v) is 17.2. The molecule has 0 amide bonds. The Kier molecular flexibility index (Phi) is 7.64. The Bertz CT molecular complexity index is 742. The number of aromatic nitrogens is 1. The van der Waals surface area contributed by atoms with E-state index in [9.17, 15) is 0 Å². The van der Waals surface area contributed by atoms with E-state index >= 15 is 0 Å². The number of hydrogen-bond acceptors (Lipinski definition) is 7. The van der Waals surface area contributed by atoms with Gasteiger partial charge in [-0.3, -0.25) is 5.32 Å². The van der Waals surface area contributed by atoms with Gasteiger partial charge in [0.05, 0.1) is 32.5 Å². The van der Waals surface area contributed by atoms with Crippen LogP contribution >= 0.6 is 24.0 Å². The predicted octanol–water partition coefficient (Wildman–Crippen LogP) is 3.11. The minimum atomic E-state index is 0.312. The van der Waals surface area contributed by atoms with Crippen LogP contribution in [0.1, 0.15) is 17.5 Å². The lowest BCUT2D eigenvalue weighted by Gasteiger charge is -2.13. The quantitative estimate of drug-likeness (QED) is 0.216. The van der Waals surface area contributed by atoms with Crippen LogP contribution in [0.25, 0.3) is 10.2 Å². The number of amidine groups is 1. The summed E-state index contributed by atoms with van der Waals surface area (Å²) in [6.45, 7) is 8.68. The fourth-order valence-electron chi connectivity index (χ4n) is 2.30. The number of anilines is 1. The molecule has 8 heteroatoms.